The van der Waals surface area contributed by atoms with E-state index in [2.05, 4.69) is 9.47 Å². The van der Waals surface area contributed by atoms with Crippen LogP contribution in [0, 0.1) is 58.2 Å². The summed E-state index contributed by atoms with van der Waals surface area (Å²) >= 11 is 0. The van der Waals surface area contributed by atoms with Crippen LogP contribution in [0.4, 0.5) is 43.9 Å². The van der Waals surface area contributed by atoms with Gasteiger partial charge in [0.1, 0.15) is 5.69 Å². The van der Waals surface area contributed by atoms with E-state index in [1.165, 1.54) is 10.6 Å². The predicted molar refractivity (Wildman–Crippen MR) is 115 cm³/mol. The van der Waals surface area contributed by atoms with Crippen LogP contribution in [0.15, 0.2) is 24.3 Å². The second-order valence-electron chi connectivity index (χ2n) is 8.03. The molecule has 0 aliphatic carbocycles. The molecule has 0 unspecified atom stereocenters. The van der Waals surface area contributed by atoms with Gasteiger partial charge < -0.3 is 14.0 Å². The van der Waals surface area contributed by atoms with E-state index < -0.39 is 92.9 Å². The Kier molecular flexibility index (Phi) is 7.50. The lowest BCUT2D eigenvalue weighted by Gasteiger charge is -2.11. The van der Waals surface area contributed by atoms with Gasteiger partial charge in [0.25, 0.3) is 0 Å². The van der Waals surface area contributed by atoms with Gasteiger partial charge in [0, 0.05) is 17.4 Å². The first kappa shape index (κ1) is 28.4. The Hall–Kier alpha value is -4.56. The van der Waals surface area contributed by atoms with E-state index in [9.17, 15) is 53.5 Å². The maximum Gasteiger partial charge on any atom is 0.360 e. The van der Waals surface area contributed by atoms with Gasteiger partial charge in [-0.15, -0.1) is 0 Å². The molecule has 0 atom stereocenters. The largest absolute Gasteiger partial charge is 0.416 e. The number of aromatic nitrogens is 1. The molecule has 15 heteroatoms. The minimum absolute atomic E-state index is 0.00433. The van der Waals surface area contributed by atoms with Crippen LogP contribution in [0.5, 0.6) is 11.5 Å². The average Bonchev–Trinajstić information content (AvgIpc) is 3.31. The number of halogens is 10. The smallest absolute Gasteiger partial charge is 0.360 e. The number of esters is 2. The van der Waals surface area contributed by atoms with Crippen LogP contribution in [0.2, 0.25) is 0 Å². The standard InChI is InChI=1S/C25H11F10NO4/c1-2-5-36-10-4-3-8(24(37)39-22-18(32)14(28)12(26)15(29)19(22)33)6-9(10)7-11(36)25(38)40-23-20(34)16(30)13(27)17(31)21(23)35/h3-4,6-7H,2,5H2,1H3. The molecule has 4 aromatic rings. The molecule has 0 bridgehead atoms. The van der Waals surface area contributed by atoms with Crippen molar-refractivity contribution in [2.45, 2.75) is 19.9 Å². The van der Waals surface area contributed by atoms with Crippen LogP contribution in [-0.2, 0) is 6.54 Å². The number of carbonyl (C=O) groups excluding carboxylic acids is 2. The van der Waals surface area contributed by atoms with Gasteiger partial charge >= 0.3 is 11.9 Å². The molecule has 5 nitrogen and oxygen atoms in total. The summed E-state index contributed by atoms with van der Waals surface area (Å²) in [5, 5.41) is 0.00433. The van der Waals surface area contributed by atoms with Crippen LogP contribution in [0.1, 0.15) is 34.2 Å². The van der Waals surface area contributed by atoms with Crippen LogP contribution < -0.4 is 9.47 Å². The highest BCUT2D eigenvalue weighted by Gasteiger charge is 2.31. The number of rotatable bonds is 6. The van der Waals surface area contributed by atoms with Gasteiger partial charge in [-0.1, -0.05) is 6.92 Å². The molecule has 3 aromatic carbocycles. The van der Waals surface area contributed by atoms with Gasteiger partial charge in [-0.05, 0) is 30.7 Å². The molecular formula is C25H11F10NO4. The molecule has 0 amide bonds. The summed E-state index contributed by atoms with van der Waals surface area (Å²) in [4.78, 5) is 25.2. The van der Waals surface area contributed by atoms with Gasteiger partial charge in [0.05, 0.1) is 5.56 Å². The van der Waals surface area contributed by atoms with Crippen LogP contribution in [0.25, 0.3) is 10.9 Å². The highest BCUT2D eigenvalue weighted by atomic mass is 19.2. The van der Waals surface area contributed by atoms with Crippen molar-refractivity contribution in [3.05, 3.63) is 93.7 Å². The average molecular weight is 579 g/mol. The van der Waals surface area contributed by atoms with E-state index in [0.717, 1.165) is 18.2 Å². The monoisotopic (exact) mass is 579 g/mol. The quantitative estimate of drug-likeness (QED) is 0.0822. The summed E-state index contributed by atoms with van der Waals surface area (Å²) in [5.41, 5.74) is -0.796. The lowest BCUT2D eigenvalue weighted by molar-refractivity contribution is 0.0700. The second kappa shape index (κ2) is 10.5. The lowest BCUT2D eigenvalue weighted by Crippen LogP contribution is -2.17. The minimum Gasteiger partial charge on any atom is -0.416 e. The van der Waals surface area contributed by atoms with Gasteiger partial charge in [0.15, 0.2) is 0 Å². The first-order valence-electron chi connectivity index (χ1n) is 10.9. The number of aryl methyl sites for hydroxylation is 1. The van der Waals surface area contributed by atoms with Crippen molar-refractivity contribution in [1.29, 1.82) is 0 Å². The van der Waals surface area contributed by atoms with E-state index in [4.69, 9.17) is 0 Å². The topological polar surface area (TPSA) is 57.5 Å². The molecule has 0 N–H and O–H groups in total. The maximum atomic E-state index is 14.0. The molecule has 210 valence electrons. The summed E-state index contributed by atoms with van der Waals surface area (Å²) in [6, 6.07) is 4.15. The molecular weight excluding hydrogens is 568 g/mol. The number of nitrogens with zero attached hydrogens (tertiary/aromatic N) is 1. The zero-order valence-electron chi connectivity index (χ0n) is 19.6. The first-order valence-corrected chi connectivity index (χ1v) is 10.9. The second-order valence-corrected chi connectivity index (χ2v) is 8.03. The van der Waals surface area contributed by atoms with Gasteiger partial charge in [-0.2, -0.15) is 17.6 Å². The minimum atomic E-state index is -2.47. The fourth-order valence-corrected chi connectivity index (χ4v) is 3.68. The fraction of sp³-hybridized carbons (Fsp3) is 0.120. The number of hydrogen-bond donors (Lipinski definition) is 0. The van der Waals surface area contributed by atoms with E-state index in [0.29, 0.717) is 6.42 Å². The SMILES string of the molecule is CCCn1c(C(=O)Oc2c(F)c(F)c(F)c(F)c2F)cc2cc(C(=O)Oc3c(F)c(F)c(F)c(F)c3F)ccc21. The third-order valence-corrected chi connectivity index (χ3v) is 5.52. The summed E-state index contributed by atoms with van der Waals surface area (Å²) in [6.45, 7) is 1.69. The third-order valence-electron chi connectivity index (χ3n) is 5.52. The molecule has 40 heavy (non-hydrogen) atoms. The normalized spacial score (nSPS) is 11.3. The van der Waals surface area contributed by atoms with E-state index in [1.54, 1.807) is 6.92 Å². The highest BCUT2D eigenvalue weighted by molar-refractivity contribution is 6.00. The van der Waals surface area contributed by atoms with Crippen molar-refractivity contribution in [2.24, 2.45) is 0 Å². The highest BCUT2D eigenvalue weighted by Crippen LogP contribution is 2.32. The molecule has 0 saturated heterocycles. The summed E-state index contributed by atoms with van der Waals surface area (Å²) in [5.74, 6) is -30.8. The Morgan fingerprint density at radius 3 is 1.50 bits per heavy atom. The van der Waals surface area contributed by atoms with E-state index in [1.807, 2.05) is 0 Å². The van der Waals surface area contributed by atoms with Crippen molar-refractivity contribution < 1.29 is 63.0 Å². The first-order chi connectivity index (χ1) is 18.8. The molecule has 1 aromatic heterocycles. The van der Waals surface area contributed by atoms with Gasteiger partial charge in [0.2, 0.25) is 69.7 Å². The molecule has 0 aliphatic rings. The van der Waals surface area contributed by atoms with Crippen molar-refractivity contribution in [3.8, 4) is 11.5 Å². The summed E-state index contributed by atoms with van der Waals surface area (Å²) < 4.78 is 146. The van der Waals surface area contributed by atoms with Crippen LogP contribution in [-0.4, -0.2) is 16.5 Å². The van der Waals surface area contributed by atoms with Crippen molar-refractivity contribution >= 4 is 22.8 Å². The van der Waals surface area contributed by atoms with Crippen molar-refractivity contribution in [2.75, 3.05) is 0 Å². The molecule has 0 radical (unpaired) electrons. The Bertz CT molecular complexity index is 1660. The van der Waals surface area contributed by atoms with Crippen molar-refractivity contribution in [3.63, 3.8) is 0 Å². The molecule has 0 aliphatic heterocycles. The molecule has 1 heterocycles. The Balaban J connectivity index is 1.72. The predicted octanol–water partition coefficient (Wildman–Crippen LogP) is 6.88. The number of carbonyl (C=O) groups is 2. The van der Waals surface area contributed by atoms with E-state index >= 15 is 0 Å². The maximum absolute atomic E-state index is 14.0. The molecule has 0 saturated carbocycles. The summed E-state index contributed by atoms with van der Waals surface area (Å²) in [7, 11) is 0. The summed E-state index contributed by atoms with van der Waals surface area (Å²) in [6.07, 6.45) is 0.344. The van der Waals surface area contributed by atoms with Crippen LogP contribution >= 0.6 is 0 Å². The molecule has 0 fully saturated rings. The Morgan fingerprint density at radius 2 is 1.05 bits per heavy atom. The fourth-order valence-electron chi connectivity index (χ4n) is 3.68. The zero-order valence-corrected chi connectivity index (χ0v) is 19.6. The number of ether oxygens (including phenoxy) is 2. The number of fused-ring (bicyclic) bond motifs is 1. The Labute approximate surface area is 216 Å². The van der Waals surface area contributed by atoms with Crippen molar-refractivity contribution in [1.82, 2.24) is 4.57 Å². The van der Waals surface area contributed by atoms with Crippen LogP contribution in [0.3, 0.4) is 0 Å². The van der Waals surface area contributed by atoms with Gasteiger partial charge in [-0.25, -0.2) is 35.9 Å². The lowest BCUT2D eigenvalue weighted by atomic mass is 10.1. The zero-order chi connectivity index (χ0) is 29.6. The van der Waals surface area contributed by atoms with E-state index in [-0.39, 0.29) is 17.4 Å². The van der Waals surface area contributed by atoms with Gasteiger partial charge in [-0.3, -0.25) is 0 Å². The molecule has 4 rings (SSSR count). The number of benzene rings is 3. The molecule has 0 spiro atoms. The number of hydrogen-bond acceptors (Lipinski definition) is 4. The Morgan fingerprint density at radius 1 is 0.625 bits per heavy atom. The third kappa shape index (κ3) is 4.60.